The molecule has 0 spiro atoms. The van der Waals surface area contributed by atoms with Crippen LogP contribution in [0.4, 0.5) is 5.69 Å². The second-order valence-electron chi connectivity index (χ2n) is 5.65. The van der Waals surface area contributed by atoms with E-state index in [1.54, 1.807) is 37.4 Å². The quantitative estimate of drug-likeness (QED) is 0.420. The van der Waals surface area contributed by atoms with Crippen LogP contribution in [0.5, 0.6) is 0 Å². The number of aryl methyl sites for hydroxylation is 1. The Morgan fingerprint density at radius 1 is 1.33 bits per heavy atom. The van der Waals surface area contributed by atoms with Crippen LogP contribution in [-0.4, -0.2) is 19.7 Å². The molecule has 0 bridgehead atoms. The topological polar surface area (TPSA) is 78.2 Å². The third kappa shape index (κ3) is 3.01. The number of halogens is 2. The molecule has 7 nitrogen and oxygen atoms in total. The van der Waals surface area contributed by atoms with Crippen molar-refractivity contribution in [2.24, 2.45) is 0 Å². The molecule has 0 saturated carbocycles. The van der Waals surface area contributed by atoms with Gasteiger partial charge in [-0.1, -0.05) is 17.7 Å². The fourth-order valence-corrected chi connectivity index (χ4v) is 3.28. The fourth-order valence-electron chi connectivity index (χ4n) is 2.70. The van der Waals surface area contributed by atoms with Crippen molar-refractivity contribution >= 4 is 44.1 Å². The minimum absolute atomic E-state index is 0.0751. The minimum atomic E-state index is -0.584. The lowest BCUT2D eigenvalue weighted by molar-refractivity contribution is 0.513. The summed E-state index contributed by atoms with van der Waals surface area (Å²) in [6.07, 6.45) is 1.58. The van der Waals surface area contributed by atoms with Crippen molar-refractivity contribution in [3.05, 3.63) is 73.6 Å². The highest BCUT2D eigenvalue weighted by atomic mass is 79.9. The molecule has 0 radical (unpaired) electrons. The van der Waals surface area contributed by atoms with Crippen LogP contribution in [-0.2, 0) is 0 Å². The fraction of sp³-hybridized carbons (Fsp3) is 0.0556. The Labute approximate surface area is 166 Å². The van der Waals surface area contributed by atoms with Gasteiger partial charge in [-0.05, 0) is 46.6 Å². The van der Waals surface area contributed by atoms with Gasteiger partial charge in [0.1, 0.15) is 10.3 Å². The van der Waals surface area contributed by atoms with E-state index in [1.165, 1.54) is 10.7 Å². The summed E-state index contributed by atoms with van der Waals surface area (Å²) in [6.45, 7) is 8.93. The van der Waals surface area contributed by atoms with Gasteiger partial charge in [0.25, 0.3) is 0 Å². The molecule has 4 rings (SSSR count). The normalized spacial score (nSPS) is 10.9. The molecule has 0 aliphatic carbocycles. The number of hydrogen-bond donors (Lipinski definition) is 0. The molecule has 0 aliphatic rings. The molecule has 0 N–H and O–H groups in total. The van der Waals surface area contributed by atoms with Gasteiger partial charge < -0.3 is 4.42 Å². The molecule has 0 atom stereocenters. The molecule has 1 aromatic carbocycles. The first-order chi connectivity index (χ1) is 13.0. The Kier molecular flexibility index (Phi) is 4.26. The molecular weight excluding hydrogens is 434 g/mol. The smallest absolute Gasteiger partial charge is 0.345 e. The number of nitrogens with zero attached hydrogens (tertiary/aromatic N) is 5. The second kappa shape index (κ2) is 6.61. The van der Waals surface area contributed by atoms with E-state index >= 15 is 0 Å². The number of pyridine rings is 1. The zero-order chi connectivity index (χ0) is 19.1. The van der Waals surface area contributed by atoms with Crippen molar-refractivity contribution < 1.29 is 4.42 Å². The molecular formula is C18H9BrClN5O2. The molecule has 132 valence electrons. The molecule has 0 fully saturated rings. The Bertz CT molecular complexity index is 1310. The monoisotopic (exact) mass is 441 g/mol. The third-order valence-electron chi connectivity index (χ3n) is 3.88. The van der Waals surface area contributed by atoms with Gasteiger partial charge in [0.15, 0.2) is 11.5 Å². The van der Waals surface area contributed by atoms with Gasteiger partial charge in [0.05, 0.1) is 22.5 Å². The Morgan fingerprint density at radius 2 is 2.15 bits per heavy atom. The maximum absolute atomic E-state index is 12.5. The molecule has 0 amide bonds. The predicted molar refractivity (Wildman–Crippen MR) is 104 cm³/mol. The van der Waals surface area contributed by atoms with E-state index in [0.717, 1.165) is 0 Å². The lowest BCUT2D eigenvalue weighted by atomic mass is 10.1. The summed E-state index contributed by atoms with van der Waals surface area (Å²) in [6, 6.07) is 8.19. The third-order valence-corrected chi connectivity index (χ3v) is 4.56. The van der Waals surface area contributed by atoms with Crippen molar-refractivity contribution in [1.29, 1.82) is 0 Å². The molecule has 0 aliphatic heterocycles. The van der Waals surface area contributed by atoms with E-state index in [9.17, 15) is 4.79 Å². The van der Waals surface area contributed by atoms with Crippen molar-refractivity contribution in [1.82, 2.24) is 19.7 Å². The SMILES string of the molecule is [C-]#[N+]c1cc(C)c2nc(-c3cc(Br)nn3-c3ncccc3Cl)oc(=O)c2c1. The van der Waals surface area contributed by atoms with Gasteiger partial charge in [-0.25, -0.2) is 24.3 Å². The predicted octanol–water partition coefficient (Wildman–Crippen LogP) is 4.71. The van der Waals surface area contributed by atoms with E-state index in [4.69, 9.17) is 22.6 Å². The molecule has 4 aromatic rings. The number of rotatable bonds is 2. The van der Waals surface area contributed by atoms with Gasteiger partial charge >= 0.3 is 5.63 Å². The summed E-state index contributed by atoms with van der Waals surface area (Å²) in [5, 5.41) is 4.96. The highest BCUT2D eigenvalue weighted by molar-refractivity contribution is 9.10. The lowest BCUT2D eigenvalue weighted by Gasteiger charge is -2.08. The average molecular weight is 443 g/mol. The Morgan fingerprint density at radius 3 is 2.89 bits per heavy atom. The van der Waals surface area contributed by atoms with Crippen LogP contribution >= 0.6 is 27.5 Å². The van der Waals surface area contributed by atoms with Crippen LogP contribution in [0.2, 0.25) is 5.02 Å². The van der Waals surface area contributed by atoms with Crippen LogP contribution in [0.1, 0.15) is 5.56 Å². The number of fused-ring (bicyclic) bond motifs is 1. The molecule has 3 aromatic heterocycles. The van der Waals surface area contributed by atoms with Crippen LogP contribution in [0.15, 0.2) is 50.3 Å². The first-order valence-corrected chi connectivity index (χ1v) is 8.85. The van der Waals surface area contributed by atoms with E-state index in [1.807, 2.05) is 0 Å². The summed E-state index contributed by atoms with van der Waals surface area (Å²) < 4.78 is 7.38. The van der Waals surface area contributed by atoms with Crippen molar-refractivity contribution in [2.45, 2.75) is 6.92 Å². The Balaban J connectivity index is 2.00. The summed E-state index contributed by atoms with van der Waals surface area (Å²) in [5.74, 6) is 0.454. The zero-order valence-electron chi connectivity index (χ0n) is 13.8. The van der Waals surface area contributed by atoms with Crippen molar-refractivity contribution in [3.8, 4) is 17.4 Å². The van der Waals surface area contributed by atoms with Crippen molar-refractivity contribution in [2.75, 3.05) is 0 Å². The van der Waals surface area contributed by atoms with E-state index in [2.05, 4.69) is 35.8 Å². The summed E-state index contributed by atoms with van der Waals surface area (Å²) in [4.78, 5) is 24.6. The molecule has 0 unspecified atom stereocenters. The first-order valence-electron chi connectivity index (χ1n) is 7.67. The maximum Gasteiger partial charge on any atom is 0.345 e. The summed E-state index contributed by atoms with van der Waals surface area (Å²) >= 11 is 9.55. The molecule has 9 heteroatoms. The van der Waals surface area contributed by atoms with Gasteiger partial charge in [0.2, 0.25) is 5.89 Å². The van der Waals surface area contributed by atoms with Gasteiger partial charge in [0, 0.05) is 12.3 Å². The van der Waals surface area contributed by atoms with Crippen LogP contribution in [0.25, 0.3) is 33.2 Å². The van der Waals surface area contributed by atoms with Gasteiger partial charge in [-0.15, -0.1) is 0 Å². The standard InChI is InChI=1S/C18H9BrClN5O2/c1-9-6-10(21-2)7-11-15(9)23-17(27-18(11)26)13-8-14(19)24-25(13)16-12(20)4-3-5-22-16/h3-8H,1H3. The molecule has 27 heavy (non-hydrogen) atoms. The summed E-state index contributed by atoms with van der Waals surface area (Å²) in [7, 11) is 0. The number of aromatic nitrogens is 4. The second-order valence-corrected chi connectivity index (χ2v) is 6.87. The molecule has 3 heterocycles. The largest absolute Gasteiger partial charge is 0.401 e. The minimum Gasteiger partial charge on any atom is -0.401 e. The lowest BCUT2D eigenvalue weighted by Crippen LogP contribution is -2.07. The number of hydrogen-bond acceptors (Lipinski definition) is 5. The van der Waals surface area contributed by atoms with Crippen LogP contribution in [0.3, 0.4) is 0 Å². The average Bonchev–Trinajstić information content (AvgIpc) is 3.04. The first kappa shape index (κ1) is 17.4. The number of benzene rings is 1. The van der Waals surface area contributed by atoms with Gasteiger partial charge in [-0.2, -0.15) is 5.10 Å². The highest BCUT2D eigenvalue weighted by Gasteiger charge is 2.19. The highest BCUT2D eigenvalue weighted by Crippen LogP contribution is 2.29. The maximum atomic E-state index is 12.5. The summed E-state index contributed by atoms with van der Waals surface area (Å²) in [5.41, 5.74) is 1.35. The molecule has 0 saturated heterocycles. The van der Waals surface area contributed by atoms with E-state index in [0.29, 0.717) is 37.9 Å². The van der Waals surface area contributed by atoms with Gasteiger partial charge in [-0.3, -0.25) is 0 Å². The van der Waals surface area contributed by atoms with Crippen LogP contribution < -0.4 is 5.63 Å². The Hall–Kier alpha value is -3.02. The van der Waals surface area contributed by atoms with E-state index < -0.39 is 5.63 Å². The zero-order valence-corrected chi connectivity index (χ0v) is 16.1. The van der Waals surface area contributed by atoms with Crippen molar-refractivity contribution in [3.63, 3.8) is 0 Å². The van der Waals surface area contributed by atoms with Crippen LogP contribution in [0, 0.1) is 13.5 Å². The van der Waals surface area contributed by atoms with E-state index in [-0.39, 0.29) is 11.3 Å².